The van der Waals surface area contributed by atoms with Crippen LogP contribution in [0.15, 0.2) is 48.9 Å². The van der Waals surface area contributed by atoms with E-state index >= 15 is 0 Å². The standard InChI is InChI=1S/C20H22N6O/c1-14-10-18(23-13-22-14)25-9-5-6-15(11-25)19-17(20(21)27)12-26(24-19)16-7-3-2-4-8-16/h2-4,7-8,10,12-13,15H,5-6,9,11H2,1H3,(H2,21,27). The van der Waals surface area contributed by atoms with E-state index in [0.29, 0.717) is 5.56 Å². The maximum atomic E-state index is 12.0. The summed E-state index contributed by atoms with van der Waals surface area (Å²) in [6.07, 6.45) is 5.30. The summed E-state index contributed by atoms with van der Waals surface area (Å²) < 4.78 is 1.74. The van der Waals surface area contributed by atoms with Crippen LogP contribution in [0.5, 0.6) is 0 Å². The third-order valence-corrected chi connectivity index (χ3v) is 4.95. The lowest BCUT2D eigenvalue weighted by Gasteiger charge is -2.33. The van der Waals surface area contributed by atoms with E-state index < -0.39 is 5.91 Å². The zero-order valence-electron chi connectivity index (χ0n) is 15.2. The van der Waals surface area contributed by atoms with Crippen LogP contribution in [0.4, 0.5) is 5.82 Å². The Morgan fingerprint density at radius 1 is 1.22 bits per heavy atom. The number of amides is 1. The average Bonchev–Trinajstić information content (AvgIpc) is 3.15. The van der Waals surface area contributed by atoms with Gasteiger partial charge in [-0.3, -0.25) is 4.79 Å². The summed E-state index contributed by atoms with van der Waals surface area (Å²) in [6, 6.07) is 11.7. The van der Waals surface area contributed by atoms with Gasteiger partial charge in [-0.05, 0) is 31.9 Å². The second-order valence-electron chi connectivity index (χ2n) is 6.88. The molecule has 27 heavy (non-hydrogen) atoms. The molecule has 1 atom stereocenters. The lowest BCUT2D eigenvalue weighted by atomic mass is 9.92. The van der Waals surface area contributed by atoms with Crippen molar-refractivity contribution in [3.8, 4) is 5.69 Å². The van der Waals surface area contributed by atoms with Gasteiger partial charge in [0.2, 0.25) is 0 Å². The number of nitrogens with two attached hydrogens (primary N) is 1. The molecule has 0 saturated carbocycles. The number of carbonyl (C=O) groups excluding carboxylic acids is 1. The summed E-state index contributed by atoms with van der Waals surface area (Å²) in [5.41, 5.74) is 8.75. The summed E-state index contributed by atoms with van der Waals surface area (Å²) in [7, 11) is 0. The van der Waals surface area contributed by atoms with Crippen molar-refractivity contribution in [1.82, 2.24) is 19.7 Å². The average molecular weight is 362 g/mol. The van der Waals surface area contributed by atoms with Crippen LogP contribution in [0.1, 0.15) is 40.5 Å². The van der Waals surface area contributed by atoms with Gasteiger partial charge in [0.05, 0.1) is 16.9 Å². The monoisotopic (exact) mass is 362 g/mol. The Labute approximate surface area is 157 Å². The Kier molecular flexibility index (Phi) is 4.58. The molecule has 0 bridgehead atoms. The van der Waals surface area contributed by atoms with Gasteiger partial charge in [0.25, 0.3) is 5.91 Å². The molecule has 1 aromatic carbocycles. The Bertz CT molecular complexity index is 952. The van der Waals surface area contributed by atoms with Crippen molar-refractivity contribution in [2.24, 2.45) is 5.73 Å². The highest BCUT2D eigenvalue weighted by Crippen LogP contribution is 2.31. The van der Waals surface area contributed by atoms with E-state index in [0.717, 1.165) is 48.8 Å². The summed E-state index contributed by atoms with van der Waals surface area (Å²) in [5, 5.41) is 4.73. The molecule has 3 heterocycles. The van der Waals surface area contributed by atoms with Crippen molar-refractivity contribution in [3.05, 3.63) is 65.9 Å². The Morgan fingerprint density at radius 3 is 2.78 bits per heavy atom. The highest BCUT2D eigenvalue weighted by Gasteiger charge is 2.28. The van der Waals surface area contributed by atoms with Crippen LogP contribution in [0.3, 0.4) is 0 Å². The van der Waals surface area contributed by atoms with Gasteiger partial charge in [-0.15, -0.1) is 0 Å². The van der Waals surface area contributed by atoms with Gasteiger partial charge in [0.1, 0.15) is 12.1 Å². The molecule has 4 rings (SSSR count). The lowest BCUT2D eigenvalue weighted by Crippen LogP contribution is -2.35. The maximum Gasteiger partial charge on any atom is 0.252 e. The minimum atomic E-state index is -0.442. The molecule has 1 unspecified atom stereocenters. The Morgan fingerprint density at radius 2 is 2.04 bits per heavy atom. The number of hydrogen-bond acceptors (Lipinski definition) is 5. The largest absolute Gasteiger partial charge is 0.365 e. The predicted octanol–water partition coefficient (Wildman–Crippen LogP) is 2.45. The van der Waals surface area contributed by atoms with E-state index in [4.69, 9.17) is 10.8 Å². The van der Waals surface area contributed by atoms with E-state index in [9.17, 15) is 4.79 Å². The van der Waals surface area contributed by atoms with Crippen LogP contribution in [0.2, 0.25) is 0 Å². The molecule has 3 aromatic rings. The molecule has 0 aliphatic carbocycles. The zero-order valence-corrected chi connectivity index (χ0v) is 15.2. The van der Waals surface area contributed by atoms with Gasteiger partial charge in [-0.2, -0.15) is 5.10 Å². The molecule has 1 aliphatic heterocycles. The van der Waals surface area contributed by atoms with Gasteiger partial charge in [0, 0.05) is 37.0 Å². The summed E-state index contributed by atoms with van der Waals surface area (Å²) >= 11 is 0. The molecule has 1 fully saturated rings. The molecule has 0 spiro atoms. The van der Waals surface area contributed by atoms with Crippen molar-refractivity contribution in [2.45, 2.75) is 25.7 Å². The van der Waals surface area contributed by atoms with Crippen molar-refractivity contribution in [3.63, 3.8) is 0 Å². The van der Waals surface area contributed by atoms with E-state index in [1.54, 1.807) is 17.2 Å². The van der Waals surface area contributed by atoms with Crippen molar-refractivity contribution < 1.29 is 4.79 Å². The highest BCUT2D eigenvalue weighted by atomic mass is 16.1. The maximum absolute atomic E-state index is 12.0. The fourth-order valence-electron chi connectivity index (χ4n) is 3.61. The summed E-state index contributed by atoms with van der Waals surface area (Å²) in [6.45, 7) is 3.64. The number of carbonyl (C=O) groups is 1. The minimum absolute atomic E-state index is 0.126. The van der Waals surface area contributed by atoms with E-state index in [1.807, 2.05) is 43.3 Å². The number of rotatable bonds is 4. The summed E-state index contributed by atoms with van der Waals surface area (Å²) in [5.74, 6) is 0.596. The van der Waals surface area contributed by atoms with E-state index in [1.165, 1.54) is 0 Å². The van der Waals surface area contributed by atoms with Crippen LogP contribution >= 0.6 is 0 Å². The predicted molar refractivity (Wildman–Crippen MR) is 103 cm³/mol. The first kappa shape index (κ1) is 17.2. The van der Waals surface area contributed by atoms with Gasteiger partial charge in [-0.1, -0.05) is 18.2 Å². The normalized spacial score (nSPS) is 17.1. The number of aromatic nitrogens is 4. The topological polar surface area (TPSA) is 89.9 Å². The van der Waals surface area contributed by atoms with Crippen molar-refractivity contribution in [2.75, 3.05) is 18.0 Å². The van der Waals surface area contributed by atoms with Gasteiger partial charge in [-0.25, -0.2) is 14.6 Å². The van der Waals surface area contributed by atoms with Gasteiger partial charge >= 0.3 is 0 Å². The fraction of sp³-hybridized carbons (Fsp3) is 0.300. The van der Waals surface area contributed by atoms with Crippen molar-refractivity contribution in [1.29, 1.82) is 0 Å². The molecule has 7 nitrogen and oxygen atoms in total. The highest BCUT2D eigenvalue weighted by molar-refractivity contribution is 5.94. The van der Waals surface area contributed by atoms with E-state index in [-0.39, 0.29) is 5.92 Å². The minimum Gasteiger partial charge on any atom is -0.365 e. The van der Waals surface area contributed by atoms with Crippen LogP contribution in [-0.2, 0) is 0 Å². The number of para-hydroxylation sites is 1. The first-order valence-electron chi connectivity index (χ1n) is 9.10. The molecular formula is C20H22N6O. The second kappa shape index (κ2) is 7.19. The molecule has 138 valence electrons. The molecule has 1 aliphatic rings. The van der Waals surface area contributed by atoms with Crippen LogP contribution in [-0.4, -0.2) is 38.7 Å². The Hall–Kier alpha value is -3.22. The fourth-order valence-corrected chi connectivity index (χ4v) is 3.61. The molecular weight excluding hydrogens is 340 g/mol. The number of nitrogens with zero attached hydrogens (tertiary/aromatic N) is 5. The van der Waals surface area contributed by atoms with E-state index in [2.05, 4.69) is 14.9 Å². The first-order valence-corrected chi connectivity index (χ1v) is 9.10. The Balaban J connectivity index is 1.65. The first-order chi connectivity index (χ1) is 13.1. The molecule has 1 saturated heterocycles. The number of benzene rings is 1. The molecule has 0 radical (unpaired) electrons. The lowest BCUT2D eigenvalue weighted by molar-refractivity contribution is 0.0999. The van der Waals surface area contributed by atoms with Crippen LogP contribution < -0.4 is 10.6 Å². The SMILES string of the molecule is Cc1cc(N2CCCC(c3nn(-c4ccccc4)cc3C(N)=O)C2)ncn1. The second-order valence-corrected chi connectivity index (χ2v) is 6.88. The smallest absolute Gasteiger partial charge is 0.252 e. The van der Waals surface area contributed by atoms with Gasteiger partial charge in [0.15, 0.2) is 0 Å². The zero-order chi connectivity index (χ0) is 18.8. The molecule has 2 N–H and O–H groups in total. The molecule has 7 heteroatoms. The van der Waals surface area contributed by atoms with Crippen LogP contribution in [0.25, 0.3) is 5.69 Å². The van der Waals surface area contributed by atoms with Gasteiger partial charge < -0.3 is 10.6 Å². The number of piperidine rings is 1. The quantitative estimate of drug-likeness (QED) is 0.770. The van der Waals surface area contributed by atoms with Crippen LogP contribution in [0, 0.1) is 6.92 Å². The third kappa shape index (κ3) is 3.53. The number of hydrogen-bond donors (Lipinski definition) is 1. The molecule has 1 amide bonds. The van der Waals surface area contributed by atoms with Crippen molar-refractivity contribution >= 4 is 11.7 Å². The molecule has 2 aromatic heterocycles. The number of aryl methyl sites for hydroxylation is 1. The third-order valence-electron chi connectivity index (χ3n) is 4.95. The number of anilines is 1. The number of primary amides is 1. The summed E-state index contributed by atoms with van der Waals surface area (Å²) in [4.78, 5) is 22.8.